The highest BCUT2D eigenvalue weighted by Gasteiger charge is 2.11. The van der Waals surface area contributed by atoms with Crippen molar-refractivity contribution in [2.24, 2.45) is 0 Å². The number of rotatable bonds is 7. The molecule has 3 N–H and O–H groups in total. The normalized spacial score (nSPS) is 10.2. The van der Waals surface area contributed by atoms with Crippen molar-refractivity contribution in [2.45, 2.75) is 13.3 Å². The Morgan fingerprint density at radius 1 is 0.875 bits per heavy atom. The first-order valence-corrected chi connectivity index (χ1v) is 11.2. The van der Waals surface area contributed by atoms with Gasteiger partial charge in [-0.25, -0.2) is 0 Å². The summed E-state index contributed by atoms with van der Waals surface area (Å²) < 4.78 is 6.30. The van der Waals surface area contributed by atoms with Crippen LogP contribution in [-0.2, 0) is 0 Å². The summed E-state index contributed by atoms with van der Waals surface area (Å²) in [7, 11) is 0. The molecule has 0 aliphatic carbocycles. The van der Waals surface area contributed by atoms with Gasteiger partial charge in [-0.3, -0.25) is 14.9 Å². The summed E-state index contributed by atoms with van der Waals surface area (Å²) in [5.41, 5.74) is 2.35. The van der Waals surface area contributed by atoms with Gasteiger partial charge in [0.25, 0.3) is 11.8 Å². The Morgan fingerprint density at radius 2 is 1.53 bits per heavy atom. The molecule has 0 bridgehead atoms. The van der Waals surface area contributed by atoms with Crippen molar-refractivity contribution in [3.63, 3.8) is 0 Å². The number of carbonyl (C=O) groups is 2. The minimum Gasteiger partial charge on any atom is -0.492 e. The van der Waals surface area contributed by atoms with E-state index in [1.54, 1.807) is 54.6 Å². The first-order chi connectivity index (χ1) is 15.5. The summed E-state index contributed by atoms with van der Waals surface area (Å²) in [5, 5.41) is 8.61. The van der Waals surface area contributed by atoms with Gasteiger partial charge >= 0.3 is 0 Å². The lowest BCUT2D eigenvalue weighted by Gasteiger charge is -2.12. The fourth-order valence-electron chi connectivity index (χ4n) is 2.74. The quantitative estimate of drug-likeness (QED) is 0.359. The molecular weight excluding hydrogens is 490 g/mol. The Morgan fingerprint density at radius 3 is 2.16 bits per heavy atom. The van der Waals surface area contributed by atoms with E-state index < -0.39 is 0 Å². The molecule has 3 rings (SSSR count). The molecule has 0 heterocycles. The molecule has 0 atom stereocenters. The fourth-order valence-corrected chi connectivity index (χ4v) is 3.44. The zero-order valence-corrected chi connectivity index (χ0v) is 19.8. The Labute approximate surface area is 200 Å². The van der Waals surface area contributed by atoms with Crippen molar-refractivity contribution in [3.05, 3.63) is 88.4 Å². The van der Waals surface area contributed by atoms with Gasteiger partial charge in [-0.05, 0) is 89.2 Å². The number of nitrogens with one attached hydrogen (secondary N) is 3. The molecule has 0 spiro atoms. The van der Waals surface area contributed by atoms with Crippen molar-refractivity contribution >= 4 is 56.4 Å². The number of thiocarbonyl (C=S) groups is 1. The molecule has 32 heavy (non-hydrogen) atoms. The lowest BCUT2D eigenvalue weighted by atomic mass is 10.2. The maximum Gasteiger partial charge on any atom is 0.257 e. The molecule has 3 aromatic rings. The van der Waals surface area contributed by atoms with Crippen LogP contribution in [0.5, 0.6) is 5.75 Å². The summed E-state index contributed by atoms with van der Waals surface area (Å²) in [6.45, 7) is 2.63. The van der Waals surface area contributed by atoms with Crippen molar-refractivity contribution < 1.29 is 14.3 Å². The van der Waals surface area contributed by atoms with Crippen molar-refractivity contribution in [1.29, 1.82) is 0 Å². The molecule has 8 heteroatoms. The highest BCUT2D eigenvalue weighted by Crippen LogP contribution is 2.26. The smallest absolute Gasteiger partial charge is 0.257 e. The Hall–Kier alpha value is -3.23. The zero-order chi connectivity index (χ0) is 22.9. The van der Waals surface area contributed by atoms with Crippen molar-refractivity contribution in [2.75, 3.05) is 17.2 Å². The van der Waals surface area contributed by atoms with Crippen LogP contribution in [0.25, 0.3) is 0 Å². The van der Waals surface area contributed by atoms with Gasteiger partial charge in [-0.15, -0.1) is 0 Å². The van der Waals surface area contributed by atoms with E-state index in [4.69, 9.17) is 17.0 Å². The summed E-state index contributed by atoms with van der Waals surface area (Å²) >= 11 is 8.67. The number of anilines is 2. The Kier molecular flexibility index (Phi) is 8.35. The SMILES string of the molecule is CCCOc1ccc(C(=O)NC(=S)Nc2ccc(NC(=O)c3ccccc3)cc2)cc1Br. The molecule has 0 saturated heterocycles. The average Bonchev–Trinajstić information content (AvgIpc) is 2.80. The number of benzene rings is 3. The van der Waals surface area contributed by atoms with E-state index in [2.05, 4.69) is 31.9 Å². The average molecular weight is 512 g/mol. The summed E-state index contributed by atoms with van der Waals surface area (Å²) in [6, 6.07) is 21.1. The van der Waals surface area contributed by atoms with Crippen molar-refractivity contribution in [1.82, 2.24) is 5.32 Å². The molecule has 0 saturated carbocycles. The van der Waals surface area contributed by atoms with E-state index in [0.717, 1.165) is 6.42 Å². The lowest BCUT2D eigenvalue weighted by molar-refractivity contribution is 0.0976. The fraction of sp³-hybridized carbons (Fsp3) is 0.125. The van der Waals surface area contributed by atoms with E-state index in [1.807, 2.05) is 25.1 Å². The van der Waals surface area contributed by atoms with E-state index in [1.165, 1.54) is 0 Å². The van der Waals surface area contributed by atoms with Crippen LogP contribution in [0, 0.1) is 0 Å². The van der Waals surface area contributed by atoms with E-state index in [0.29, 0.717) is 39.3 Å². The Balaban J connectivity index is 1.54. The van der Waals surface area contributed by atoms with Crippen LogP contribution in [0.15, 0.2) is 77.3 Å². The van der Waals surface area contributed by atoms with Crippen LogP contribution in [0.1, 0.15) is 34.1 Å². The molecule has 6 nitrogen and oxygen atoms in total. The van der Waals surface area contributed by atoms with Gasteiger partial charge in [-0.2, -0.15) is 0 Å². The number of hydrogen-bond donors (Lipinski definition) is 3. The molecule has 164 valence electrons. The zero-order valence-electron chi connectivity index (χ0n) is 17.4. The molecular formula is C24H22BrN3O3S. The van der Waals surface area contributed by atoms with Crippen LogP contribution >= 0.6 is 28.1 Å². The highest BCUT2D eigenvalue weighted by atomic mass is 79.9. The minimum absolute atomic E-state index is 0.165. The summed E-state index contributed by atoms with van der Waals surface area (Å²) in [5.74, 6) is 0.159. The van der Waals surface area contributed by atoms with Gasteiger partial charge in [-0.1, -0.05) is 25.1 Å². The third-order valence-electron chi connectivity index (χ3n) is 4.32. The van der Waals surface area contributed by atoms with E-state index in [-0.39, 0.29) is 16.9 Å². The minimum atomic E-state index is -0.336. The third kappa shape index (κ3) is 6.63. The van der Waals surface area contributed by atoms with Gasteiger partial charge in [0.05, 0.1) is 11.1 Å². The van der Waals surface area contributed by atoms with Gasteiger partial charge in [0.2, 0.25) is 0 Å². The third-order valence-corrected chi connectivity index (χ3v) is 5.14. The number of amides is 2. The molecule has 0 aromatic heterocycles. The van der Waals surface area contributed by atoms with Gasteiger partial charge in [0.1, 0.15) is 5.75 Å². The second kappa shape index (κ2) is 11.4. The molecule has 0 aliphatic heterocycles. The molecule has 2 amide bonds. The first-order valence-electron chi connectivity index (χ1n) is 9.97. The van der Waals surface area contributed by atoms with E-state index in [9.17, 15) is 9.59 Å². The topological polar surface area (TPSA) is 79.5 Å². The maximum absolute atomic E-state index is 12.5. The number of carbonyl (C=O) groups excluding carboxylic acids is 2. The molecule has 0 aliphatic rings. The molecule has 3 aromatic carbocycles. The highest BCUT2D eigenvalue weighted by molar-refractivity contribution is 9.10. The van der Waals surface area contributed by atoms with Crippen molar-refractivity contribution in [3.8, 4) is 5.75 Å². The second-order valence-electron chi connectivity index (χ2n) is 6.80. The predicted molar refractivity (Wildman–Crippen MR) is 134 cm³/mol. The molecule has 0 radical (unpaired) electrons. The molecule has 0 fully saturated rings. The number of hydrogen-bond acceptors (Lipinski definition) is 4. The first kappa shape index (κ1) is 23.4. The largest absolute Gasteiger partial charge is 0.492 e. The number of halogens is 1. The van der Waals surface area contributed by atoms with E-state index >= 15 is 0 Å². The Bertz CT molecular complexity index is 1110. The summed E-state index contributed by atoms with van der Waals surface area (Å²) in [4.78, 5) is 24.7. The lowest BCUT2D eigenvalue weighted by Crippen LogP contribution is -2.34. The predicted octanol–water partition coefficient (Wildman–Crippen LogP) is 5.62. The van der Waals surface area contributed by atoms with Gasteiger partial charge < -0.3 is 15.4 Å². The van der Waals surface area contributed by atoms with Crippen LogP contribution in [-0.4, -0.2) is 23.5 Å². The second-order valence-corrected chi connectivity index (χ2v) is 8.06. The maximum atomic E-state index is 12.5. The standard InChI is InChI=1S/C24H22BrN3O3S/c1-2-14-31-21-13-8-17(15-20(21)25)23(30)28-24(32)27-19-11-9-18(10-12-19)26-22(29)16-6-4-3-5-7-16/h3-13,15H,2,14H2,1H3,(H,26,29)(H2,27,28,30,32). The van der Waals surface area contributed by atoms with Crippen LogP contribution in [0.2, 0.25) is 0 Å². The summed E-state index contributed by atoms with van der Waals surface area (Å²) in [6.07, 6.45) is 0.898. The van der Waals surface area contributed by atoms with Gasteiger partial charge in [0, 0.05) is 22.5 Å². The number of ether oxygens (including phenoxy) is 1. The molecule has 0 unspecified atom stereocenters. The van der Waals surface area contributed by atoms with Crippen LogP contribution < -0.4 is 20.7 Å². The van der Waals surface area contributed by atoms with Gasteiger partial charge in [0.15, 0.2) is 5.11 Å². The monoisotopic (exact) mass is 511 g/mol. The van der Waals surface area contributed by atoms with Crippen LogP contribution in [0.4, 0.5) is 11.4 Å². The van der Waals surface area contributed by atoms with Crippen LogP contribution in [0.3, 0.4) is 0 Å².